The molecule has 0 atom stereocenters. The van der Waals surface area contributed by atoms with Gasteiger partial charge in [-0.2, -0.15) is 0 Å². The van der Waals surface area contributed by atoms with E-state index in [4.69, 9.17) is 32.7 Å². The second-order valence-electron chi connectivity index (χ2n) is 8.73. The second kappa shape index (κ2) is 10.4. The Morgan fingerprint density at radius 3 is 2.11 bits per heavy atom. The van der Waals surface area contributed by atoms with Gasteiger partial charge < -0.3 is 24.6 Å². The Morgan fingerprint density at radius 1 is 0.778 bits per heavy atom. The summed E-state index contributed by atoms with van der Waals surface area (Å²) in [5, 5.41) is 6.13. The lowest BCUT2D eigenvalue weighted by Crippen LogP contribution is -2.44. The van der Waals surface area contributed by atoms with Gasteiger partial charge in [0, 0.05) is 49.4 Å². The number of hydrogen-bond donors (Lipinski definition) is 1. The Hall–Kier alpha value is -3.26. The molecule has 1 aliphatic heterocycles. The Labute approximate surface area is 220 Å². The van der Waals surface area contributed by atoms with Gasteiger partial charge in [-0.15, -0.1) is 0 Å². The van der Waals surface area contributed by atoms with Gasteiger partial charge in [-0.25, -0.2) is 9.97 Å². The van der Waals surface area contributed by atoms with Crippen molar-refractivity contribution in [3.8, 4) is 22.6 Å². The molecule has 2 aromatic heterocycles. The van der Waals surface area contributed by atoms with E-state index in [0.717, 1.165) is 54.0 Å². The minimum Gasteiger partial charge on any atom is -0.495 e. The zero-order valence-corrected chi connectivity index (χ0v) is 21.9. The third kappa shape index (κ3) is 4.87. The average Bonchev–Trinajstić information content (AvgIpc) is 2.90. The molecule has 3 heterocycles. The van der Waals surface area contributed by atoms with Gasteiger partial charge in [-0.1, -0.05) is 35.3 Å². The van der Waals surface area contributed by atoms with E-state index in [1.54, 1.807) is 20.3 Å². The van der Waals surface area contributed by atoms with Gasteiger partial charge in [0.2, 0.25) is 0 Å². The van der Waals surface area contributed by atoms with Crippen LogP contribution in [0.1, 0.15) is 0 Å². The highest BCUT2D eigenvalue weighted by Gasteiger charge is 2.19. The number of nitrogens with zero attached hydrogens (tertiary/aromatic N) is 4. The van der Waals surface area contributed by atoms with Gasteiger partial charge in [-0.05, 0) is 42.3 Å². The van der Waals surface area contributed by atoms with E-state index < -0.39 is 0 Å². The number of pyridine rings is 2. The van der Waals surface area contributed by atoms with E-state index in [-0.39, 0.29) is 0 Å². The molecule has 7 nitrogen and oxygen atoms in total. The number of halogens is 2. The zero-order chi connectivity index (χ0) is 25.2. The summed E-state index contributed by atoms with van der Waals surface area (Å²) >= 11 is 13.2. The van der Waals surface area contributed by atoms with Crippen LogP contribution in [0, 0.1) is 0 Å². The topological polar surface area (TPSA) is 62.8 Å². The number of benzene rings is 2. The van der Waals surface area contributed by atoms with Crippen LogP contribution in [0.15, 0.2) is 54.9 Å². The maximum Gasteiger partial charge on any atom is 0.141 e. The molecule has 9 heteroatoms. The fraction of sp³-hybridized carbons (Fsp3) is 0.259. The molecule has 2 aromatic carbocycles. The van der Waals surface area contributed by atoms with Gasteiger partial charge in [0.25, 0.3) is 0 Å². The number of hydrogen-bond acceptors (Lipinski definition) is 7. The van der Waals surface area contributed by atoms with E-state index in [2.05, 4.69) is 38.2 Å². The molecular formula is C27H27Cl2N5O2. The summed E-state index contributed by atoms with van der Waals surface area (Å²) in [5.74, 6) is 2.46. The standard InChI is InChI=1S/C27H27Cl2N5O2/c1-33-8-10-34(11-9-33)20-6-7-23(31-16-20)32-24-13-17-4-5-18(12-19(17)15-30-24)25-26(28)21(35-2)14-22(36-3)27(25)29/h4-7,12-16H,8-11H2,1-3H3,(H,30,31,32). The summed E-state index contributed by atoms with van der Waals surface area (Å²) in [5.41, 5.74) is 2.64. The van der Waals surface area contributed by atoms with Crippen LogP contribution >= 0.6 is 23.2 Å². The molecule has 36 heavy (non-hydrogen) atoms. The first kappa shape index (κ1) is 24.4. The number of rotatable bonds is 6. The molecule has 0 saturated carbocycles. The molecule has 1 saturated heterocycles. The number of methoxy groups -OCH3 is 2. The van der Waals surface area contributed by atoms with Crippen molar-refractivity contribution in [2.75, 3.05) is 57.7 Å². The molecule has 0 spiro atoms. The van der Waals surface area contributed by atoms with Crippen molar-refractivity contribution in [3.05, 3.63) is 64.9 Å². The molecule has 1 aliphatic rings. The van der Waals surface area contributed by atoms with E-state index >= 15 is 0 Å². The van der Waals surface area contributed by atoms with Gasteiger partial charge in [0.05, 0.1) is 36.1 Å². The van der Waals surface area contributed by atoms with Crippen LogP contribution in [0.2, 0.25) is 10.0 Å². The minimum absolute atomic E-state index is 0.431. The van der Waals surface area contributed by atoms with Gasteiger partial charge >= 0.3 is 0 Å². The first-order chi connectivity index (χ1) is 17.5. The van der Waals surface area contributed by atoms with Crippen LogP contribution in [0.4, 0.5) is 17.3 Å². The summed E-state index contributed by atoms with van der Waals surface area (Å²) < 4.78 is 10.8. The molecule has 1 N–H and O–H groups in total. The van der Waals surface area contributed by atoms with E-state index in [0.29, 0.717) is 32.9 Å². The number of anilines is 3. The Morgan fingerprint density at radius 2 is 1.47 bits per heavy atom. The Bertz CT molecular complexity index is 1360. The highest BCUT2D eigenvalue weighted by Crippen LogP contribution is 2.46. The third-order valence-corrected chi connectivity index (χ3v) is 7.21. The number of fused-ring (bicyclic) bond motifs is 1. The molecule has 0 aliphatic carbocycles. The highest BCUT2D eigenvalue weighted by atomic mass is 35.5. The summed E-state index contributed by atoms with van der Waals surface area (Å²) in [7, 11) is 5.28. The molecule has 5 rings (SSSR count). The average molecular weight is 524 g/mol. The van der Waals surface area contributed by atoms with Crippen molar-refractivity contribution in [3.63, 3.8) is 0 Å². The fourth-order valence-corrected chi connectivity index (χ4v) is 5.07. The molecule has 1 fully saturated rings. The lowest BCUT2D eigenvalue weighted by Gasteiger charge is -2.33. The van der Waals surface area contributed by atoms with Crippen LogP contribution in [-0.4, -0.2) is 62.3 Å². The van der Waals surface area contributed by atoms with E-state index in [9.17, 15) is 0 Å². The largest absolute Gasteiger partial charge is 0.495 e. The van der Waals surface area contributed by atoms with Crippen LogP contribution in [0.3, 0.4) is 0 Å². The van der Waals surface area contributed by atoms with Crippen LogP contribution < -0.4 is 19.7 Å². The predicted octanol–water partition coefficient (Wildman–Crippen LogP) is 6.12. The third-order valence-electron chi connectivity index (χ3n) is 6.46. The molecule has 4 aromatic rings. The summed E-state index contributed by atoms with van der Waals surface area (Å²) in [4.78, 5) is 13.9. The monoisotopic (exact) mass is 523 g/mol. The molecule has 0 unspecified atom stereocenters. The maximum absolute atomic E-state index is 6.61. The molecule has 0 radical (unpaired) electrons. The number of likely N-dealkylation sites (N-methyl/N-ethyl adjacent to an activating group) is 1. The van der Waals surface area contributed by atoms with Gasteiger partial charge in [0.1, 0.15) is 23.1 Å². The predicted molar refractivity (Wildman–Crippen MR) is 148 cm³/mol. The zero-order valence-electron chi connectivity index (χ0n) is 20.4. The van der Waals surface area contributed by atoms with E-state index in [1.165, 1.54) is 0 Å². The second-order valence-corrected chi connectivity index (χ2v) is 9.49. The number of aromatic nitrogens is 2. The first-order valence-corrected chi connectivity index (χ1v) is 12.4. The van der Waals surface area contributed by atoms with Crippen LogP contribution in [-0.2, 0) is 0 Å². The van der Waals surface area contributed by atoms with Gasteiger partial charge in [-0.3, -0.25) is 0 Å². The number of ether oxygens (including phenoxy) is 2. The smallest absolute Gasteiger partial charge is 0.141 e. The number of piperazine rings is 1. The van der Waals surface area contributed by atoms with Gasteiger partial charge in [0.15, 0.2) is 0 Å². The van der Waals surface area contributed by atoms with Crippen molar-refractivity contribution >= 4 is 51.3 Å². The highest BCUT2D eigenvalue weighted by molar-refractivity contribution is 6.41. The van der Waals surface area contributed by atoms with Crippen molar-refractivity contribution in [2.45, 2.75) is 0 Å². The lowest BCUT2D eigenvalue weighted by molar-refractivity contribution is 0.313. The van der Waals surface area contributed by atoms with Crippen LogP contribution in [0.25, 0.3) is 21.9 Å². The minimum atomic E-state index is 0.431. The maximum atomic E-state index is 6.61. The van der Waals surface area contributed by atoms with Crippen molar-refractivity contribution in [2.24, 2.45) is 0 Å². The van der Waals surface area contributed by atoms with Crippen molar-refractivity contribution < 1.29 is 9.47 Å². The van der Waals surface area contributed by atoms with E-state index in [1.807, 2.05) is 42.7 Å². The lowest BCUT2D eigenvalue weighted by atomic mass is 10.0. The Kier molecular flexibility index (Phi) is 7.05. The first-order valence-electron chi connectivity index (χ1n) is 11.6. The quantitative estimate of drug-likeness (QED) is 0.326. The molecule has 0 amide bonds. The van der Waals surface area contributed by atoms with Crippen molar-refractivity contribution in [1.82, 2.24) is 14.9 Å². The van der Waals surface area contributed by atoms with Crippen molar-refractivity contribution in [1.29, 1.82) is 0 Å². The molecule has 0 bridgehead atoms. The Balaban J connectivity index is 1.38. The number of nitrogens with one attached hydrogen (secondary N) is 1. The van der Waals surface area contributed by atoms with Crippen LogP contribution in [0.5, 0.6) is 11.5 Å². The SMILES string of the molecule is COc1cc(OC)c(Cl)c(-c2ccc3cc(Nc4ccc(N5CCN(C)CC5)cn4)ncc3c2)c1Cl. The normalized spacial score (nSPS) is 14.2. The summed E-state index contributed by atoms with van der Waals surface area (Å²) in [6.07, 6.45) is 3.73. The summed E-state index contributed by atoms with van der Waals surface area (Å²) in [6.45, 7) is 4.15. The fourth-order valence-electron chi connectivity index (χ4n) is 4.35. The summed E-state index contributed by atoms with van der Waals surface area (Å²) in [6, 6.07) is 13.8. The molecule has 186 valence electrons. The molecular weight excluding hydrogens is 497 g/mol.